The van der Waals surface area contributed by atoms with E-state index in [4.69, 9.17) is 0 Å². The molecule has 1 rings (SSSR count). The van der Waals surface area contributed by atoms with Crippen LogP contribution in [-0.4, -0.2) is 18.2 Å². The summed E-state index contributed by atoms with van der Waals surface area (Å²) in [6.45, 7) is 4.39. The van der Waals surface area contributed by atoms with E-state index >= 15 is 0 Å². The topological polar surface area (TPSA) is 32.3 Å². The average molecular weight is 193 g/mol. The predicted octanol–water partition coefficient (Wildman–Crippen LogP) is 2.18. The summed E-state index contributed by atoms with van der Waals surface area (Å²) in [6, 6.07) is 7.98. The molecule has 0 saturated heterocycles. The van der Waals surface area contributed by atoms with Crippen molar-refractivity contribution in [3.8, 4) is 5.75 Å². The van der Waals surface area contributed by atoms with Gasteiger partial charge in [0.15, 0.2) is 0 Å². The third-order valence-electron chi connectivity index (χ3n) is 2.78. The Kier molecular flexibility index (Phi) is 3.96. The third-order valence-corrected chi connectivity index (χ3v) is 2.78. The second-order valence-corrected chi connectivity index (χ2v) is 3.93. The van der Waals surface area contributed by atoms with Gasteiger partial charge in [-0.05, 0) is 44.0 Å². The first-order chi connectivity index (χ1) is 6.63. The van der Waals surface area contributed by atoms with Crippen molar-refractivity contribution >= 4 is 0 Å². The highest BCUT2D eigenvalue weighted by Crippen LogP contribution is 2.16. The Morgan fingerprint density at radius 3 is 2.64 bits per heavy atom. The standard InChI is InChI=1S/C12H19NO/c1-9(10(2)13-3)7-11-5-4-6-12(14)8-11/h4-6,8-10,13-14H,7H2,1-3H3. The van der Waals surface area contributed by atoms with Gasteiger partial charge in [0.2, 0.25) is 0 Å². The third kappa shape index (κ3) is 3.04. The van der Waals surface area contributed by atoms with E-state index < -0.39 is 0 Å². The molecular weight excluding hydrogens is 174 g/mol. The number of nitrogens with one attached hydrogen (secondary N) is 1. The van der Waals surface area contributed by atoms with E-state index in [1.807, 2.05) is 19.2 Å². The van der Waals surface area contributed by atoms with Gasteiger partial charge in [-0.2, -0.15) is 0 Å². The van der Waals surface area contributed by atoms with E-state index in [9.17, 15) is 5.11 Å². The van der Waals surface area contributed by atoms with Gasteiger partial charge >= 0.3 is 0 Å². The zero-order valence-corrected chi connectivity index (χ0v) is 9.12. The second-order valence-electron chi connectivity index (χ2n) is 3.93. The lowest BCUT2D eigenvalue weighted by atomic mass is 9.95. The molecule has 2 unspecified atom stereocenters. The van der Waals surface area contributed by atoms with Crippen LogP contribution in [0.25, 0.3) is 0 Å². The maximum Gasteiger partial charge on any atom is 0.115 e. The number of benzene rings is 1. The maximum absolute atomic E-state index is 9.31. The number of rotatable bonds is 4. The SMILES string of the molecule is CNC(C)C(C)Cc1cccc(O)c1. The second kappa shape index (κ2) is 5.01. The van der Waals surface area contributed by atoms with Crippen LogP contribution >= 0.6 is 0 Å². The summed E-state index contributed by atoms with van der Waals surface area (Å²) >= 11 is 0. The van der Waals surface area contributed by atoms with Crippen molar-refractivity contribution in [3.63, 3.8) is 0 Å². The van der Waals surface area contributed by atoms with Gasteiger partial charge in [-0.1, -0.05) is 19.1 Å². The van der Waals surface area contributed by atoms with Crippen LogP contribution in [0.2, 0.25) is 0 Å². The molecule has 78 valence electrons. The van der Waals surface area contributed by atoms with Gasteiger partial charge in [0, 0.05) is 6.04 Å². The van der Waals surface area contributed by atoms with Crippen LogP contribution in [0.5, 0.6) is 5.75 Å². The first-order valence-electron chi connectivity index (χ1n) is 5.08. The van der Waals surface area contributed by atoms with Gasteiger partial charge in [-0.25, -0.2) is 0 Å². The van der Waals surface area contributed by atoms with Gasteiger partial charge in [0.05, 0.1) is 0 Å². The highest BCUT2D eigenvalue weighted by molar-refractivity contribution is 5.27. The van der Waals surface area contributed by atoms with E-state index in [0.29, 0.717) is 17.7 Å². The Morgan fingerprint density at radius 2 is 2.07 bits per heavy atom. The minimum Gasteiger partial charge on any atom is -0.508 e. The van der Waals surface area contributed by atoms with Gasteiger partial charge in [-0.15, -0.1) is 0 Å². The number of phenols is 1. The van der Waals surface area contributed by atoms with Gasteiger partial charge in [0.25, 0.3) is 0 Å². The molecule has 0 fully saturated rings. The summed E-state index contributed by atoms with van der Waals surface area (Å²) < 4.78 is 0. The van der Waals surface area contributed by atoms with Gasteiger partial charge in [-0.3, -0.25) is 0 Å². The summed E-state index contributed by atoms with van der Waals surface area (Å²) in [5.41, 5.74) is 1.19. The van der Waals surface area contributed by atoms with Crippen molar-refractivity contribution in [3.05, 3.63) is 29.8 Å². The lowest BCUT2D eigenvalue weighted by molar-refractivity contribution is 0.422. The maximum atomic E-state index is 9.31. The van der Waals surface area contributed by atoms with Crippen LogP contribution in [0.1, 0.15) is 19.4 Å². The molecule has 0 radical (unpaired) electrons. The van der Waals surface area contributed by atoms with E-state index in [1.165, 1.54) is 5.56 Å². The molecule has 2 atom stereocenters. The lowest BCUT2D eigenvalue weighted by Gasteiger charge is -2.19. The number of aromatic hydroxyl groups is 1. The van der Waals surface area contributed by atoms with Crippen LogP contribution in [0.4, 0.5) is 0 Å². The summed E-state index contributed by atoms with van der Waals surface area (Å²) in [5.74, 6) is 0.925. The van der Waals surface area contributed by atoms with Crippen molar-refractivity contribution < 1.29 is 5.11 Å². The molecule has 1 aromatic rings. The molecule has 0 saturated carbocycles. The Balaban J connectivity index is 2.60. The van der Waals surface area contributed by atoms with Gasteiger partial charge in [0.1, 0.15) is 5.75 Å². The Hall–Kier alpha value is -1.02. The largest absolute Gasteiger partial charge is 0.508 e. The van der Waals surface area contributed by atoms with Crippen LogP contribution < -0.4 is 5.32 Å². The van der Waals surface area contributed by atoms with Crippen molar-refractivity contribution in [1.29, 1.82) is 0 Å². The van der Waals surface area contributed by atoms with Crippen LogP contribution in [0, 0.1) is 5.92 Å². The summed E-state index contributed by atoms with van der Waals surface area (Å²) in [4.78, 5) is 0. The smallest absolute Gasteiger partial charge is 0.115 e. The monoisotopic (exact) mass is 193 g/mol. The number of phenolic OH excluding ortho intramolecular Hbond substituents is 1. The van der Waals surface area contributed by atoms with Crippen molar-refractivity contribution in [2.75, 3.05) is 7.05 Å². The van der Waals surface area contributed by atoms with Crippen LogP contribution in [0.3, 0.4) is 0 Å². The summed E-state index contributed by atoms with van der Waals surface area (Å²) in [5, 5.41) is 12.5. The molecule has 0 amide bonds. The fraction of sp³-hybridized carbons (Fsp3) is 0.500. The minimum absolute atomic E-state index is 0.354. The predicted molar refractivity (Wildman–Crippen MR) is 59.5 cm³/mol. The van der Waals surface area contributed by atoms with E-state index in [2.05, 4.69) is 25.2 Å². The molecule has 0 aliphatic carbocycles. The molecule has 2 nitrogen and oxygen atoms in total. The Bertz CT molecular complexity index is 285. The summed E-state index contributed by atoms with van der Waals surface area (Å²) in [6.07, 6.45) is 0.996. The molecule has 14 heavy (non-hydrogen) atoms. The van der Waals surface area contributed by atoms with Crippen molar-refractivity contribution in [2.45, 2.75) is 26.3 Å². The van der Waals surface area contributed by atoms with Gasteiger partial charge < -0.3 is 10.4 Å². The first-order valence-corrected chi connectivity index (χ1v) is 5.08. The number of hydrogen-bond acceptors (Lipinski definition) is 2. The molecular formula is C12H19NO. The van der Waals surface area contributed by atoms with Crippen molar-refractivity contribution in [1.82, 2.24) is 5.32 Å². The molecule has 2 N–H and O–H groups in total. The molecule has 0 aliphatic rings. The normalized spacial score (nSPS) is 15.1. The average Bonchev–Trinajstić information content (AvgIpc) is 2.16. The molecule has 0 heterocycles. The molecule has 0 aromatic heterocycles. The molecule has 0 spiro atoms. The molecule has 2 heteroatoms. The fourth-order valence-corrected chi connectivity index (χ4v) is 1.52. The van der Waals surface area contributed by atoms with Crippen LogP contribution in [-0.2, 0) is 6.42 Å². The quantitative estimate of drug-likeness (QED) is 0.768. The fourth-order valence-electron chi connectivity index (χ4n) is 1.52. The highest BCUT2D eigenvalue weighted by Gasteiger charge is 2.10. The first kappa shape index (κ1) is 11.1. The molecule has 0 bridgehead atoms. The van der Waals surface area contributed by atoms with Crippen molar-refractivity contribution in [2.24, 2.45) is 5.92 Å². The highest BCUT2D eigenvalue weighted by atomic mass is 16.3. The zero-order chi connectivity index (χ0) is 10.6. The van der Waals surface area contributed by atoms with Crippen LogP contribution in [0.15, 0.2) is 24.3 Å². The lowest BCUT2D eigenvalue weighted by Crippen LogP contribution is -2.29. The van der Waals surface area contributed by atoms with E-state index in [0.717, 1.165) is 6.42 Å². The van der Waals surface area contributed by atoms with E-state index in [1.54, 1.807) is 6.07 Å². The van der Waals surface area contributed by atoms with E-state index in [-0.39, 0.29) is 0 Å². The summed E-state index contributed by atoms with van der Waals surface area (Å²) in [7, 11) is 1.98. The zero-order valence-electron chi connectivity index (χ0n) is 9.12. The Labute approximate surface area is 86.0 Å². The number of hydrogen-bond donors (Lipinski definition) is 2. The molecule has 0 aliphatic heterocycles. The molecule has 1 aromatic carbocycles. The Morgan fingerprint density at radius 1 is 1.36 bits per heavy atom. The minimum atomic E-state index is 0.354.